The fourth-order valence-electron chi connectivity index (χ4n) is 0.891. The summed E-state index contributed by atoms with van der Waals surface area (Å²) in [6.07, 6.45) is 3.33. The van der Waals surface area contributed by atoms with Gasteiger partial charge >= 0.3 is 0 Å². The molecule has 0 bridgehead atoms. The van der Waals surface area contributed by atoms with Gasteiger partial charge in [0.05, 0.1) is 39.6 Å². The maximum absolute atomic E-state index is 8.32. The second-order valence-electron chi connectivity index (χ2n) is 3.37. The minimum atomic E-state index is 0.0675. The molecule has 0 aliphatic carbocycles. The standard InChI is InChI=1S/C7H16O4.C5H12O/c1-9-4-5-11-7-6-10-3-2-8;1-2-3-4-5-6/h8H,2-7H2,1H3;6H,2-5H2,1H3. The van der Waals surface area contributed by atoms with E-state index in [0.717, 1.165) is 12.8 Å². The van der Waals surface area contributed by atoms with Crippen LogP contribution in [0.5, 0.6) is 0 Å². The normalized spacial score (nSPS) is 9.88. The number of hydrogen-bond donors (Lipinski definition) is 2. The molecule has 0 saturated carbocycles. The molecule has 2 N–H and O–H groups in total. The van der Waals surface area contributed by atoms with Gasteiger partial charge in [0.15, 0.2) is 0 Å². The number of ether oxygens (including phenoxy) is 3. The van der Waals surface area contributed by atoms with Crippen LogP contribution in [0.3, 0.4) is 0 Å². The Kier molecular flexibility index (Phi) is 23.8. The first-order valence-electron chi connectivity index (χ1n) is 6.19. The minimum Gasteiger partial charge on any atom is -0.396 e. The minimum absolute atomic E-state index is 0.0675. The Morgan fingerprint density at radius 3 is 1.76 bits per heavy atom. The predicted molar refractivity (Wildman–Crippen MR) is 67.2 cm³/mol. The van der Waals surface area contributed by atoms with Crippen LogP contribution < -0.4 is 0 Å². The largest absolute Gasteiger partial charge is 0.396 e. The summed E-state index contributed by atoms with van der Waals surface area (Å²) >= 11 is 0. The molecule has 0 saturated heterocycles. The Morgan fingerprint density at radius 2 is 1.35 bits per heavy atom. The molecular weight excluding hydrogens is 224 g/mol. The highest BCUT2D eigenvalue weighted by Crippen LogP contribution is 1.89. The van der Waals surface area contributed by atoms with Crippen LogP contribution in [0.25, 0.3) is 0 Å². The lowest BCUT2D eigenvalue weighted by molar-refractivity contribution is 0.0159. The van der Waals surface area contributed by atoms with E-state index in [1.807, 2.05) is 0 Å². The van der Waals surface area contributed by atoms with E-state index in [1.54, 1.807) is 7.11 Å². The van der Waals surface area contributed by atoms with Gasteiger partial charge in [0.25, 0.3) is 0 Å². The van der Waals surface area contributed by atoms with Gasteiger partial charge in [-0.05, 0) is 6.42 Å². The van der Waals surface area contributed by atoms with Gasteiger partial charge in [-0.25, -0.2) is 0 Å². The number of methoxy groups -OCH3 is 1. The van der Waals surface area contributed by atoms with Crippen LogP contribution in [0.15, 0.2) is 0 Å². The molecule has 0 aliphatic heterocycles. The van der Waals surface area contributed by atoms with E-state index < -0.39 is 0 Å². The Bertz CT molecular complexity index is 99.1. The van der Waals surface area contributed by atoms with Gasteiger partial charge in [0, 0.05) is 13.7 Å². The second kappa shape index (κ2) is 21.1. The number of aliphatic hydroxyl groups is 2. The van der Waals surface area contributed by atoms with Crippen LogP contribution in [0, 0.1) is 0 Å². The molecule has 106 valence electrons. The molecule has 0 amide bonds. The van der Waals surface area contributed by atoms with Crippen LogP contribution in [0.4, 0.5) is 0 Å². The Hall–Kier alpha value is -0.200. The van der Waals surface area contributed by atoms with Gasteiger partial charge in [0.2, 0.25) is 0 Å². The van der Waals surface area contributed by atoms with E-state index in [0.29, 0.717) is 39.6 Å². The average molecular weight is 252 g/mol. The molecule has 0 spiro atoms. The topological polar surface area (TPSA) is 68.2 Å². The summed E-state index contributed by atoms with van der Waals surface area (Å²) in [6, 6.07) is 0. The molecular formula is C12H28O5. The van der Waals surface area contributed by atoms with Crippen LogP contribution >= 0.6 is 0 Å². The monoisotopic (exact) mass is 252 g/mol. The lowest BCUT2D eigenvalue weighted by atomic mass is 10.3. The van der Waals surface area contributed by atoms with Crippen molar-refractivity contribution in [2.45, 2.75) is 26.2 Å². The molecule has 0 rings (SSSR count). The first kappa shape index (κ1) is 19.1. The van der Waals surface area contributed by atoms with Crippen molar-refractivity contribution in [3.8, 4) is 0 Å². The number of hydrogen-bond acceptors (Lipinski definition) is 5. The molecule has 0 atom stereocenters. The SMILES string of the molecule is CCCCCO.COCCOCCOCCO. The Balaban J connectivity index is 0. The van der Waals surface area contributed by atoms with E-state index in [-0.39, 0.29) is 6.61 Å². The molecule has 0 unspecified atom stereocenters. The molecule has 0 radical (unpaired) electrons. The highest BCUT2D eigenvalue weighted by atomic mass is 16.5. The highest BCUT2D eigenvalue weighted by Gasteiger charge is 1.87. The molecule has 17 heavy (non-hydrogen) atoms. The van der Waals surface area contributed by atoms with Gasteiger partial charge in [0.1, 0.15) is 0 Å². The Labute approximate surface area is 105 Å². The van der Waals surface area contributed by atoms with Crippen molar-refractivity contribution < 1.29 is 24.4 Å². The molecule has 0 aliphatic rings. The quantitative estimate of drug-likeness (QED) is 0.533. The summed E-state index contributed by atoms with van der Waals surface area (Å²) in [5.41, 5.74) is 0. The zero-order chi connectivity index (χ0) is 13.2. The third-order valence-corrected chi connectivity index (χ3v) is 1.80. The van der Waals surface area contributed by atoms with Crippen LogP contribution in [-0.4, -0.2) is 63.6 Å². The van der Waals surface area contributed by atoms with Crippen LogP contribution in [0.2, 0.25) is 0 Å². The number of aliphatic hydroxyl groups excluding tert-OH is 2. The maximum Gasteiger partial charge on any atom is 0.0701 e. The van der Waals surface area contributed by atoms with Gasteiger partial charge in [-0.3, -0.25) is 0 Å². The summed E-state index contributed by atoms with van der Waals surface area (Å²) < 4.78 is 14.8. The molecule has 0 fully saturated rings. The van der Waals surface area contributed by atoms with Crippen molar-refractivity contribution >= 4 is 0 Å². The Morgan fingerprint density at radius 1 is 0.765 bits per heavy atom. The summed E-state index contributed by atoms with van der Waals surface area (Å²) in [6.45, 7) is 5.22. The van der Waals surface area contributed by atoms with E-state index in [4.69, 9.17) is 24.4 Å². The van der Waals surface area contributed by atoms with Crippen molar-refractivity contribution in [2.75, 3.05) is 53.4 Å². The number of rotatable bonds is 11. The second-order valence-corrected chi connectivity index (χ2v) is 3.37. The fourth-order valence-corrected chi connectivity index (χ4v) is 0.891. The van der Waals surface area contributed by atoms with Crippen molar-refractivity contribution in [3.05, 3.63) is 0 Å². The third kappa shape index (κ3) is 25.8. The van der Waals surface area contributed by atoms with Gasteiger partial charge in [-0.15, -0.1) is 0 Å². The lowest BCUT2D eigenvalue weighted by Crippen LogP contribution is -2.09. The first-order chi connectivity index (χ1) is 8.33. The van der Waals surface area contributed by atoms with Crippen LogP contribution in [-0.2, 0) is 14.2 Å². The third-order valence-electron chi connectivity index (χ3n) is 1.80. The first-order valence-corrected chi connectivity index (χ1v) is 6.19. The molecule has 0 aromatic rings. The van der Waals surface area contributed by atoms with Crippen LogP contribution in [0.1, 0.15) is 26.2 Å². The molecule has 5 heteroatoms. The maximum atomic E-state index is 8.32. The predicted octanol–water partition coefficient (Wildman–Crippen LogP) is 0.827. The molecule has 0 aromatic carbocycles. The molecule has 0 heterocycles. The van der Waals surface area contributed by atoms with E-state index in [2.05, 4.69) is 6.92 Å². The zero-order valence-corrected chi connectivity index (χ0v) is 11.2. The van der Waals surface area contributed by atoms with Crippen molar-refractivity contribution in [1.82, 2.24) is 0 Å². The molecule has 0 aromatic heterocycles. The summed E-state index contributed by atoms with van der Waals surface area (Å²) in [5, 5.41) is 16.5. The van der Waals surface area contributed by atoms with Crippen molar-refractivity contribution in [1.29, 1.82) is 0 Å². The lowest BCUT2D eigenvalue weighted by Gasteiger charge is -2.03. The van der Waals surface area contributed by atoms with E-state index >= 15 is 0 Å². The van der Waals surface area contributed by atoms with Gasteiger partial charge in [-0.1, -0.05) is 19.8 Å². The summed E-state index contributed by atoms with van der Waals surface area (Å²) in [7, 11) is 1.63. The smallest absolute Gasteiger partial charge is 0.0701 e. The highest BCUT2D eigenvalue weighted by molar-refractivity contribution is 4.31. The van der Waals surface area contributed by atoms with Gasteiger partial charge in [-0.2, -0.15) is 0 Å². The number of unbranched alkanes of at least 4 members (excludes halogenated alkanes) is 2. The summed E-state index contributed by atoms with van der Waals surface area (Å²) in [5.74, 6) is 0. The van der Waals surface area contributed by atoms with E-state index in [1.165, 1.54) is 6.42 Å². The average Bonchev–Trinajstić information content (AvgIpc) is 2.36. The fraction of sp³-hybridized carbons (Fsp3) is 1.00. The summed E-state index contributed by atoms with van der Waals surface area (Å²) in [4.78, 5) is 0. The van der Waals surface area contributed by atoms with Crippen molar-refractivity contribution in [3.63, 3.8) is 0 Å². The zero-order valence-electron chi connectivity index (χ0n) is 11.2. The van der Waals surface area contributed by atoms with E-state index in [9.17, 15) is 0 Å². The van der Waals surface area contributed by atoms with Crippen molar-refractivity contribution in [2.24, 2.45) is 0 Å². The van der Waals surface area contributed by atoms with Gasteiger partial charge < -0.3 is 24.4 Å². The molecule has 5 nitrogen and oxygen atoms in total.